The van der Waals surface area contributed by atoms with Crippen molar-refractivity contribution in [2.75, 3.05) is 6.54 Å². The van der Waals surface area contributed by atoms with Crippen LogP contribution in [0.25, 0.3) is 0 Å². The average molecular weight is 336 g/mol. The Labute approximate surface area is 147 Å². The molecule has 4 heteroatoms. The SMILES string of the molecule is NCC(Cc1ccc(OCc2ccc(F)cc2)cc1)c1ccccn1. The quantitative estimate of drug-likeness (QED) is 0.707. The van der Waals surface area contributed by atoms with Crippen LogP contribution in [0.15, 0.2) is 72.9 Å². The highest BCUT2D eigenvalue weighted by atomic mass is 19.1. The Morgan fingerprint density at radius 1 is 0.920 bits per heavy atom. The molecular weight excluding hydrogens is 315 g/mol. The number of aromatic nitrogens is 1. The molecule has 1 aromatic heterocycles. The fourth-order valence-corrected chi connectivity index (χ4v) is 2.68. The lowest BCUT2D eigenvalue weighted by molar-refractivity contribution is 0.306. The Bertz CT molecular complexity index is 773. The molecule has 0 saturated heterocycles. The minimum Gasteiger partial charge on any atom is -0.489 e. The molecule has 0 aliphatic carbocycles. The standard InChI is InChI=1S/C21H21FN2O/c22-19-8-4-17(5-9-19)15-25-20-10-6-16(7-11-20)13-18(14-23)21-3-1-2-12-24-21/h1-12,18H,13-15,23H2. The Hall–Kier alpha value is -2.72. The topological polar surface area (TPSA) is 48.1 Å². The van der Waals surface area contributed by atoms with Crippen molar-refractivity contribution in [2.45, 2.75) is 18.9 Å². The van der Waals surface area contributed by atoms with Crippen LogP contribution in [0.2, 0.25) is 0 Å². The van der Waals surface area contributed by atoms with Crippen molar-refractivity contribution in [3.63, 3.8) is 0 Å². The van der Waals surface area contributed by atoms with E-state index in [1.165, 1.54) is 17.7 Å². The second-order valence-corrected chi connectivity index (χ2v) is 5.95. The van der Waals surface area contributed by atoms with Crippen LogP contribution in [0.4, 0.5) is 4.39 Å². The third kappa shape index (κ3) is 4.88. The van der Waals surface area contributed by atoms with E-state index in [0.29, 0.717) is 13.2 Å². The molecule has 0 aliphatic rings. The molecule has 0 aliphatic heterocycles. The number of halogens is 1. The van der Waals surface area contributed by atoms with Gasteiger partial charge in [-0.1, -0.05) is 30.3 Å². The van der Waals surface area contributed by atoms with Gasteiger partial charge in [-0.05, 0) is 53.9 Å². The van der Waals surface area contributed by atoms with Crippen LogP contribution in [-0.4, -0.2) is 11.5 Å². The smallest absolute Gasteiger partial charge is 0.123 e. The highest BCUT2D eigenvalue weighted by molar-refractivity contribution is 5.29. The summed E-state index contributed by atoms with van der Waals surface area (Å²) in [7, 11) is 0. The molecule has 3 nitrogen and oxygen atoms in total. The number of rotatable bonds is 7. The minimum absolute atomic E-state index is 0.201. The van der Waals surface area contributed by atoms with Crippen molar-refractivity contribution in [3.05, 3.63) is 95.6 Å². The zero-order chi connectivity index (χ0) is 17.5. The van der Waals surface area contributed by atoms with Gasteiger partial charge >= 0.3 is 0 Å². The lowest BCUT2D eigenvalue weighted by Gasteiger charge is -2.14. The summed E-state index contributed by atoms with van der Waals surface area (Å²) >= 11 is 0. The number of nitrogens with zero attached hydrogens (tertiary/aromatic N) is 1. The Morgan fingerprint density at radius 2 is 1.64 bits per heavy atom. The first-order chi connectivity index (χ1) is 12.2. The van der Waals surface area contributed by atoms with Gasteiger partial charge in [-0.15, -0.1) is 0 Å². The maximum Gasteiger partial charge on any atom is 0.123 e. The van der Waals surface area contributed by atoms with Crippen molar-refractivity contribution in [2.24, 2.45) is 5.73 Å². The highest BCUT2D eigenvalue weighted by Crippen LogP contribution is 2.20. The Kier molecular flexibility index (Phi) is 5.75. The highest BCUT2D eigenvalue weighted by Gasteiger charge is 2.11. The zero-order valence-corrected chi connectivity index (χ0v) is 13.9. The number of pyridine rings is 1. The van der Waals surface area contributed by atoms with Crippen LogP contribution in [0.5, 0.6) is 5.75 Å². The Morgan fingerprint density at radius 3 is 2.28 bits per heavy atom. The molecule has 3 rings (SSSR count). The van der Waals surface area contributed by atoms with Crippen LogP contribution in [0.1, 0.15) is 22.7 Å². The van der Waals surface area contributed by atoms with Crippen molar-refractivity contribution in [3.8, 4) is 5.75 Å². The van der Waals surface area contributed by atoms with Gasteiger partial charge < -0.3 is 10.5 Å². The lowest BCUT2D eigenvalue weighted by Crippen LogP contribution is -2.16. The summed E-state index contributed by atoms with van der Waals surface area (Å²) in [6, 6.07) is 20.2. The summed E-state index contributed by atoms with van der Waals surface area (Å²) in [6.07, 6.45) is 2.64. The molecule has 128 valence electrons. The summed E-state index contributed by atoms with van der Waals surface area (Å²) in [5.41, 5.74) is 9.05. The van der Waals surface area contributed by atoms with Gasteiger partial charge in [0.15, 0.2) is 0 Å². The van der Waals surface area contributed by atoms with Gasteiger partial charge in [-0.2, -0.15) is 0 Å². The van der Waals surface area contributed by atoms with E-state index >= 15 is 0 Å². The van der Waals surface area contributed by atoms with Crippen LogP contribution >= 0.6 is 0 Å². The molecule has 25 heavy (non-hydrogen) atoms. The molecule has 0 saturated carbocycles. The minimum atomic E-state index is -0.240. The third-order valence-electron chi connectivity index (χ3n) is 4.11. The maximum atomic E-state index is 12.9. The van der Waals surface area contributed by atoms with E-state index in [1.807, 2.05) is 42.5 Å². The van der Waals surface area contributed by atoms with Crippen molar-refractivity contribution >= 4 is 0 Å². The monoisotopic (exact) mass is 336 g/mol. The summed E-state index contributed by atoms with van der Waals surface area (Å²) in [6.45, 7) is 0.971. The summed E-state index contributed by atoms with van der Waals surface area (Å²) < 4.78 is 18.6. The van der Waals surface area contributed by atoms with Gasteiger partial charge in [0.25, 0.3) is 0 Å². The van der Waals surface area contributed by atoms with Crippen LogP contribution in [-0.2, 0) is 13.0 Å². The number of nitrogens with two attached hydrogens (primary N) is 1. The maximum absolute atomic E-state index is 12.9. The first-order valence-corrected chi connectivity index (χ1v) is 8.32. The van der Waals surface area contributed by atoms with E-state index in [0.717, 1.165) is 23.4 Å². The number of hydrogen-bond acceptors (Lipinski definition) is 3. The molecule has 0 spiro atoms. The first kappa shape index (κ1) is 17.1. The number of hydrogen-bond donors (Lipinski definition) is 1. The molecule has 0 amide bonds. The second kappa shape index (κ2) is 8.40. The molecule has 2 aromatic carbocycles. The van der Waals surface area contributed by atoms with E-state index in [9.17, 15) is 4.39 Å². The first-order valence-electron chi connectivity index (χ1n) is 8.32. The Balaban J connectivity index is 1.59. The molecule has 0 radical (unpaired) electrons. The zero-order valence-electron chi connectivity index (χ0n) is 13.9. The van der Waals surface area contributed by atoms with Crippen LogP contribution in [0.3, 0.4) is 0 Å². The second-order valence-electron chi connectivity index (χ2n) is 5.95. The average Bonchev–Trinajstić information content (AvgIpc) is 2.67. The predicted octanol–water partition coefficient (Wildman–Crippen LogP) is 4.08. The molecule has 1 heterocycles. The van der Waals surface area contributed by atoms with Crippen molar-refractivity contribution < 1.29 is 9.13 Å². The summed E-state index contributed by atoms with van der Waals surface area (Å²) in [5.74, 6) is 0.748. The summed E-state index contributed by atoms with van der Waals surface area (Å²) in [4.78, 5) is 4.40. The largest absolute Gasteiger partial charge is 0.489 e. The van der Waals surface area contributed by atoms with Crippen LogP contribution in [0, 0.1) is 5.82 Å². The molecule has 0 bridgehead atoms. The van der Waals surface area contributed by atoms with Crippen LogP contribution < -0.4 is 10.5 Å². The van der Waals surface area contributed by atoms with E-state index in [-0.39, 0.29) is 11.7 Å². The fraction of sp³-hybridized carbons (Fsp3) is 0.190. The van der Waals surface area contributed by atoms with Crippen molar-refractivity contribution in [1.82, 2.24) is 4.98 Å². The van der Waals surface area contributed by atoms with E-state index < -0.39 is 0 Å². The molecule has 1 atom stereocenters. The fourth-order valence-electron chi connectivity index (χ4n) is 2.68. The number of benzene rings is 2. The number of ether oxygens (including phenoxy) is 1. The van der Waals surface area contributed by atoms with E-state index in [1.54, 1.807) is 18.3 Å². The molecule has 2 N–H and O–H groups in total. The normalized spacial score (nSPS) is 11.9. The van der Waals surface area contributed by atoms with E-state index in [4.69, 9.17) is 10.5 Å². The van der Waals surface area contributed by atoms with Crippen molar-refractivity contribution in [1.29, 1.82) is 0 Å². The van der Waals surface area contributed by atoms with Gasteiger partial charge in [0.2, 0.25) is 0 Å². The van der Waals surface area contributed by atoms with E-state index in [2.05, 4.69) is 4.98 Å². The molecule has 1 unspecified atom stereocenters. The molecule has 3 aromatic rings. The molecular formula is C21H21FN2O. The molecule has 0 fully saturated rings. The summed E-state index contributed by atoms with van der Waals surface area (Å²) in [5, 5.41) is 0. The predicted molar refractivity (Wildman–Crippen MR) is 96.9 cm³/mol. The van der Waals surface area contributed by atoms with Gasteiger partial charge in [0.05, 0.1) is 0 Å². The lowest BCUT2D eigenvalue weighted by atomic mass is 9.96. The van der Waals surface area contributed by atoms with Gasteiger partial charge in [-0.3, -0.25) is 4.98 Å². The third-order valence-corrected chi connectivity index (χ3v) is 4.11. The van der Waals surface area contributed by atoms with Gasteiger partial charge in [0, 0.05) is 24.4 Å². The van der Waals surface area contributed by atoms with Gasteiger partial charge in [-0.25, -0.2) is 4.39 Å². The van der Waals surface area contributed by atoms with Gasteiger partial charge in [0.1, 0.15) is 18.2 Å².